The number of hydrogen-bond acceptors (Lipinski definition) is 4. The molecule has 0 radical (unpaired) electrons. The van der Waals surface area contributed by atoms with E-state index in [4.69, 9.17) is 16.3 Å². The van der Waals surface area contributed by atoms with E-state index in [-0.39, 0.29) is 17.8 Å². The molecule has 1 amide bonds. The lowest BCUT2D eigenvalue weighted by molar-refractivity contribution is -0.146. The molecule has 1 aliphatic heterocycles. The van der Waals surface area contributed by atoms with Crippen LogP contribution in [0, 0.1) is 5.92 Å². The van der Waals surface area contributed by atoms with Gasteiger partial charge in [0.05, 0.1) is 13.0 Å². The number of ether oxygens (including phenoxy) is 1. The van der Waals surface area contributed by atoms with Crippen molar-refractivity contribution in [3.63, 3.8) is 0 Å². The van der Waals surface area contributed by atoms with Crippen LogP contribution in [0.1, 0.15) is 23.3 Å². The molecule has 102 valence electrons. The fourth-order valence-corrected chi connectivity index (χ4v) is 2.36. The molecule has 1 aromatic rings. The average Bonchev–Trinajstić information content (AvgIpc) is 2.45. The van der Waals surface area contributed by atoms with Crippen molar-refractivity contribution in [2.45, 2.75) is 12.8 Å². The maximum atomic E-state index is 12.3. The molecule has 2 rings (SSSR count). The zero-order chi connectivity index (χ0) is 13.8. The molecular formula is C13H15ClN2O3. The van der Waals surface area contributed by atoms with Gasteiger partial charge in [0, 0.05) is 24.3 Å². The number of rotatable bonds is 2. The molecule has 1 fully saturated rings. The highest BCUT2D eigenvalue weighted by molar-refractivity contribution is 6.30. The van der Waals surface area contributed by atoms with Crippen molar-refractivity contribution in [3.8, 4) is 0 Å². The third-order valence-corrected chi connectivity index (χ3v) is 3.42. The number of methoxy groups -OCH3 is 1. The predicted octanol–water partition coefficient (Wildman–Crippen LogP) is 1.76. The molecule has 19 heavy (non-hydrogen) atoms. The second kappa shape index (κ2) is 6.02. The van der Waals surface area contributed by atoms with E-state index in [1.165, 1.54) is 19.4 Å². The minimum Gasteiger partial charge on any atom is -0.469 e. The lowest BCUT2D eigenvalue weighted by atomic mass is 9.98. The number of halogens is 1. The summed E-state index contributed by atoms with van der Waals surface area (Å²) < 4.78 is 4.73. The summed E-state index contributed by atoms with van der Waals surface area (Å²) in [5.74, 6) is -0.713. The zero-order valence-corrected chi connectivity index (χ0v) is 11.4. The lowest BCUT2D eigenvalue weighted by Gasteiger charge is -2.31. The molecule has 1 unspecified atom stereocenters. The Hall–Kier alpha value is -1.62. The summed E-state index contributed by atoms with van der Waals surface area (Å²) in [5.41, 5.74) is 0.304. The Morgan fingerprint density at radius 2 is 2.32 bits per heavy atom. The highest BCUT2D eigenvalue weighted by atomic mass is 35.5. The van der Waals surface area contributed by atoms with Crippen LogP contribution in [0.15, 0.2) is 18.3 Å². The Morgan fingerprint density at radius 1 is 1.53 bits per heavy atom. The largest absolute Gasteiger partial charge is 0.469 e. The van der Waals surface area contributed by atoms with Gasteiger partial charge in [-0.1, -0.05) is 11.6 Å². The summed E-state index contributed by atoms with van der Waals surface area (Å²) in [6.45, 7) is 1.00. The Kier molecular flexibility index (Phi) is 4.37. The monoisotopic (exact) mass is 282 g/mol. The Balaban J connectivity index is 2.09. The molecule has 6 heteroatoms. The molecule has 0 spiro atoms. The molecule has 0 bridgehead atoms. The number of nitrogens with zero attached hydrogens (tertiary/aromatic N) is 2. The Morgan fingerprint density at radius 3 is 3.00 bits per heavy atom. The number of pyridine rings is 1. The first kappa shape index (κ1) is 13.8. The molecule has 1 saturated heterocycles. The molecule has 1 aliphatic rings. The fraction of sp³-hybridized carbons (Fsp3) is 0.462. The van der Waals surface area contributed by atoms with Crippen molar-refractivity contribution in [2.75, 3.05) is 20.2 Å². The summed E-state index contributed by atoms with van der Waals surface area (Å²) >= 11 is 5.84. The van der Waals surface area contributed by atoms with Gasteiger partial charge in [0.15, 0.2) is 0 Å². The maximum Gasteiger partial charge on any atom is 0.310 e. The SMILES string of the molecule is COC(=O)C1CCCN(C(=O)c2cc(Cl)ccn2)C1. The summed E-state index contributed by atoms with van der Waals surface area (Å²) in [4.78, 5) is 29.4. The van der Waals surface area contributed by atoms with E-state index < -0.39 is 0 Å². The van der Waals surface area contributed by atoms with Gasteiger partial charge in [0.1, 0.15) is 5.69 Å². The van der Waals surface area contributed by atoms with Gasteiger partial charge in [-0.2, -0.15) is 0 Å². The Labute approximate surface area is 116 Å². The van der Waals surface area contributed by atoms with E-state index in [1.807, 2.05) is 0 Å². The van der Waals surface area contributed by atoms with E-state index in [0.717, 1.165) is 12.8 Å². The first-order chi connectivity index (χ1) is 9.11. The maximum absolute atomic E-state index is 12.3. The number of aromatic nitrogens is 1. The molecule has 0 saturated carbocycles. The first-order valence-corrected chi connectivity index (χ1v) is 6.48. The molecule has 1 aromatic heterocycles. The smallest absolute Gasteiger partial charge is 0.310 e. The molecule has 0 N–H and O–H groups in total. The van der Waals surface area contributed by atoms with Crippen LogP contribution in [-0.4, -0.2) is 42.0 Å². The van der Waals surface area contributed by atoms with Crippen LogP contribution < -0.4 is 0 Å². The molecule has 5 nitrogen and oxygen atoms in total. The van der Waals surface area contributed by atoms with Crippen molar-refractivity contribution in [1.29, 1.82) is 0 Å². The fourth-order valence-electron chi connectivity index (χ4n) is 2.20. The van der Waals surface area contributed by atoms with Gasteiger partial charge in [-0.3, -0.25) is 14.6 Å². The number of hydrogen-bond donors (Lipinski definition) is 0. The first-order valence-electron chi connectivity index (χ1n) is 6.10. The minimum atomic E-state index is -0.267. The number of esters is 1. The number of likely N-dealkylation sites (tertiary alicyclic amines) is 1. The van der Waals surface area contributed by atoms with Gasteiger partial charge in [-0.15, -0.1) is 0 Å². The minimum absolute atomic E-state index is 0.198. The van der Waals surface area contributed by atoms with Gasteiger partial charge in [-0.05, 0) is 25.0 Å². The van der Waals surface area contributed by atoms with E-state index in [9.17, 15) is 9.59 Å². The van der Waals surface area contributed by atoms with Crippen LogP contribution in [0.3, 0.4) is 0 Å². The van der Waals surface area contributed by atoms with Gasteiger partial charge >= 0.3 is 5.97 Å². The second-order valence-corrected chi connectivity index (χ2v) is 4.91. The average molecular weight is 283 g/mol. The van der Waals surface area contributed by atoms with Crippen LogP contribution in [0.5, 0.6) is 0 Å². The number of carbonyl (C=O) groups excluding carboxylic acids is 2. The molecule has 0 aromatic carbocycles. The standard InChI is InChI=1S/C13H15ClN2O3/c1-19-13(18)9-3-2-6-16(8-9)12(17)11-7-10(14)4-5-15-11/h4-5,7,9H,2-3,6,8H2,1H3. The highest BCUT2D eigenvalue weighted by Crippen LogP contribution is 2.20. The van der Waals surface area contributed by atoms with Gasteiger partial charge < -0.3 is 9.64 Å². The summed E-state index contributed by atoms with van der Waals surface area (Å²) in [5, 5.41) is 0.472. The molecule has 1 atom stereocenters. The molecule has 0 aliphatic carbocycles. The second-order valence-electron chi connectivity index (χ2n) is 4.47. The third kappa shape index (κ3) is 3.23. The zero-order valence-electron chi connectivity index (χ0n) is 10.6. The van der Waals surface area contributed by atoms with Crippen molar-refractivity contribution in [3.05, 3.63) is 29.0 Å². The van der Waals surface area contributed by atoms with Crippen LogP contribution in [0.2, 0.25) is 5.02 Å². The van der Waals surface area contributed by atoms with Crippen LogP contribution in [-0.2, 0) is 9.53 Å². The van der Waals surface area contributed by atoms with Gasteiger partial charge in [0.25, 0.3) is 5.91 Å². The van der Waals surface area contributed by atoms with Crippen LogP contribution in [0.25, 0.3) is 0 Å². The van der Waals surface area contributed by atoms with E-state index >= 15 is 0 Å². The topological polar surface area (TPSA) is 59.5 Å². The predicted molar refractivity (Wildman–Crippen MR) is 69.9 cm³/mol. The Bertz CT molecular complexity index is 493. The number of amides is 1. The number of carbonyl (C=O) groups is 2. The van der Waals surface area contributed by atoms with Crippen molar-refractivity contribution in [2.24, 2.45) is 5.92 Å². The molecular weight excluding hydrogens is 268 g/mol. The summed E-state index contributed by atoms with van der Waals surface area (Å²) in [7, 11) is 1.36. The van der Waals surface area contributed by atoms with E-state index in [1.54, 1.807) is 11.0 Å². The van der Waals surface area contributed by atoms with Crippen molar-refractivity contribution < 1.29 is 14.3 Å². The van der Waals surface area contributed by atoms with Gasteiger partial charge in [0.2, 0.25) is 0 Å². The van der Waals surface area contributed by atoms with E-state index in [2.05, 4.69) is 4.98 Å². The number of piperidine rings is 1. The van der Waals surface area contributed by atoms with Crippen LogP contribution in [0.4, 0.5) is 0 Å². The quantitative estimate of drug-likeness (QED) is 0.776. The van der Waals surface area contributed by atoms with Crippen molar-refractivity contribution in [1.82, 2.24) is 9.88 Å². The normalized spacial score (nSPS) is 19.1. The highest BCUT2D eigenvalue weighted by Gasteiger charge is 2.29. The lowest BCUT2D eigenvalue weighted by Crippen LogP contribution is -2.42. The summed E-state index contributed by atoms with van der Waals surface area (Å²) in [6, 6.07) is 3.15. The summed E-state index contributed by atoms with van der Waals surface area (Å²) in [6.07, 6.45) is 3.03. The molecule has 2 heterocycles. The van der Waals surface area contributed by atoms with E-state index in [0.29, 0.717) is 23.8 Å². The van der Waals surface area contributed by atoms with Gasteiger partial charge in [-0.25, -0.2) is 0 Å². The van der Waals surface area contributed by atoms with Crippen LogP contribution >= 0.6 is 11.6 Å². The third-order valence-electron chi connectivity index (χ3n) is 3.18. The van der Waals surface area contributed by atoms with Crippen molar-refractivity contribution >= 4 is 23.5 Å².